The lowest BCUT2D eigenvalue weighted by molar-refractivity contribution is -0.384. The van der Waals surface area contributed by atoms with Crippen molar-refractivity contribution in [3.05, 3.63) is 38.9 Å². The van der Waals surface area contributed by atoms with Gasteiger partial charge < -0.3 is 4.74 Å². The van der Waals surface area contributed by atoms with Crippen molar-refractivity contribution in [2.75, 3.05) is 0 Å². The molecule has 0 heterocycles. The number of nitrogens with zero attached hydrogens (tertiary/aromatic N) is 1. The highest BCUT2D eigenvalue weighted by Gasteiger charge is 2.20. The van der Waals surface area contributed by atoms with Gasteiger partial charge in [0.25, 0.3) is 5.69 Å². The van der Waals surface area contributed by atoms with Crippen LogP contribution in [0.15, 0.2) is 18.2 Å². The van der Waals surface area contributed by atoms with Crippen molar-refractivity contribution in [1.29, 1.82) is 0 Å². The number of non-ortho nitro benzene ring substituents is 1. The number of nitro groups is 1. The zero-order chi connectivity index (χ0) is 13.9. The number of benzene rings is 1. The van der Waals surface area contributed by atoms with Crippen molar-refractivity contribution in [2.24, 2.45) is 5.92 Å². The highest BCUT2D eigenvalue weighted by Crippen LogP contribution is 2.23. The van der Waals surface area contributed by atoms with Crippen molar-refractivity contribution in [3.63, 3.8) is 0 Å². The first-order valence-electron chi connectivity index (χ1n) is 5.48. The van der Waals surface area contributed by atoms with E-state index in [1.54, 1.807) is 6.92 Å². The zero-order valence-corrected chi connectivity index (χ0v) is 11.1. The summed E-state index contributed by atoms with van der Waals surface area (Å²) >= 11 is 5.84. The fourth-order valence-corrected chi connectivity index (χ4v) is 1.35. The minimum atomic E-state index is -0.648. The molecule has 0 radical (unpaired) electrons. The van der Waals surface area contributed by atoms with Gasteiger partial charge in [0.2, 0.25) is 0 Å². The Kier molecular flexibility index (Phi) is 4.67. The fraction of sp³-hybridized carbons (Fsp3) is 0.417. The molecule has 1 aromatic rings. The molecule has 0 fully saturated rings. The van der Waals surface area contributed by atoms with Gasteiger partial charge in [-0.3, -0.25) is 10.1 Å². The number of hydrogen-bond acceptors (Lipinski definition) is 4. The molecule has 0 amide bonds. The zero-order valence-electron chi connectivity index (χ0n) is 10.3. The smallest absolute Gasteiger partial charge is 0.340 e. The largest absolute Gasteiger partial charge is 0.459 e. The monoisotopic (exact) mass is 271 g/mol. The van der Waals surface area contributed by atoms with Crippen molar-refractivity contribution >= 4 is 23.3 Å². The van der Waals surface area contributed by atoms with Gasteiger partial charge >= 0.3 is 5.97 Å². The number of carbonyl (C=O) groups is 1. The van der Waals surface area contributed by atoms with E-state index in [4.69, 9.17) is 16.3 Å². The second-order valence-corrected chi connectivity index (χ2v) is 4.68. The molecule has 0 saturated carbocycles. The third kappa shape index (κ3) is 3.43. The van der Waals surface area contributed by atoms with Gasteiger partial charge in [-0.15, -0.1) is 0 Å². The van der Waals surface area contributed by atoms with E-state index in [0.717, 1.165) is 6.07 Å². The third-order valence-corrected chi connectivity index (χ3v) is 2.94. The number of ether oxygens (including phenoxy) is 1. The van der Waals surface area contributed by atoms with Crippen molar-refractivity contribution in [1.82, 2.24) is 0 Å². The van der Waals surface area contributed by atoms with E-state index in [1.807, 2.05) is 13.8 Å². The maximum Gasteiger partial charge on any atom is 0.340 e. The van der Waals surface area contributed by atoms with Crippen LogP contribution in [-0.2, 0) is 4.74 Å². The molecule has 0 saturated heterocycles. The summed E-state index contributed by atoms with van der Waals surface area (Å²) in [6.07, 6.45) is -0.284. The van der Waals surface area contributed by atoms with Crippen LogP contribution in [0.2, 0.25) is 5.02 Å². The van der Waals surface area contributed by atoms with E-state index in [1.165, 1.54) is 12.1 Å². The van der Waals surface area contributed by atoms with Gasteiger partial charge in [0.15, 0.2) is 0 Å². The quantitative estimate of drug-likeness (QED) is 0.478. The predicted molar refractivity (Wildman–Crippen MR) is 67.8 cm³/mol. The molecule has 0 N–H and O–H groups in total. The molecule has 0 aliphatic rings. The molecule has 0 aliphatic carbocycles. The van der Waals surface area contributed by atoms with Gasteiger partial charge in [0.1, 0.15) is 6.10 Å². The van der Waals surface area contributed by atoms with E-state index in [2.05, 4.69) is 0 Å². The topological polar surface area (TPSA) is 69.4 Å². The number of halogens is 1. The summed E-state index contributed by atoms with van der Waals surface area (Å²) < 4.78 is 5.17. The first-order chi connectivity index (χ1) is 8.32. The second kappa shape index (κ2) is 5.82. The van der Waals surface area contributed by atoms with Crippen LogP contribution in [0.3, 0.4) is 0 Å². The van der Waals surface area contributed by atoms with Gasteiger partial charge in [-0.2, -0.15) is 0 Å². The number of hydrogen-bond donors (Lipinski definition) is 0. The summed E-state index contributed by atoms with van der Waals surface area (Å²) in [6, 6.07) is 3.68. The molecule has 0 aliphatic heterocycles. The highest BCUT2D eigenvalue weighted by atomic mass is 35.5. The van der Waals surface area contributed by atoms with Gasteiger partial charge in [-0.05, 0) is 18.9 Å². The van der Waals surface area contributed by atoms with Gasteiger partial charge in [-0.1, -0.05) is 25.4 Å². The van der Waals surface area contributed by atoms with Crippen LogP contribution in [-0.4, -0.2) is 17.0 Å². The first kappa shape index (κ1) is 14.4. The Bertz CT molecular complexity index is 473. The average Bonchev–Trinajstić information content (AvgIpc) is 2.28. The maximum atomic E-state index is 11.8. The van der Waals surface area contributed by atoms with Crippen LogP contribution in [0, 0.1) is 16.0 Å². The third-order valence-electron chi connectivity index (χ3n) is 2.61. The summed E-state index contributed by atoms with van der Waals surface area (Å²) in [4.78, 5) is 21.9. The van der Waals surface area contributed by atoms with Crippen LogP contribution in [0.25, 0.3) is 0 Å². The Labute approximate surface area is 110 Å². The lowest BCUT2D eigenvalue weighted by atomic mass is 10.1. The molecule has 1 atom stereocenters. The van der Waals surface area contributed by atoms with Gasteiger partial charge in [0.05, 0.1) is 15.5 Å². The fourth-order valence-electron chi connectivity index (χ4n) is 1.15. The van der Waals surface area contributed by atoms with E-state index in [0.29, 0.717) is 0 Å². The standard InChI is InChI=1S/C12H14ClNO4/c1-7(2)8(3)18-12(15)10-6-9(14(16)17)4-5-11(10)13/h4-8H,1-3H3. The maximum absolute atomic E-state index is 11.8. The summed E-state index contributed by atoms with van der Waals surface area (Å²) in [5.41, 5.74) is -0.179. The van der Waals surface area contributed by atoms with E-state index >= 15 is 0 Å². The summed E-state index contributed by atoms with van der Waals surface area (Å²) in [7, 11) is 0. The number of rotatable bonds is 4. The van der Waals surface area contributed by atoms with Crippen molar-refractivity contribution in [3.8, 4) is 0 Å². The van der Waals surface area contributed by atoms with Crippen LogP contribution in [0.1, 0.15) is 31.1 Å². The average molecular weight is 272 g/mol. The van der Waals surface area contributed by atoms with Crippen molar-refractivity contribution in [2.45, 2.75) is 26.9 Å². The van der Waals surface area contributed by atoms with Crippen LogP contribution >= 0.6 is 11.6 Å². The number of carbonyl (C=O) groups excluding carboxylic acids is 1. The van der Waals surface area contributed by atoms with E-state index < -0.39 is 10.9 Å². The van der Waals surface area contributed by atoms with E-state index in [9.17, 15) is 14.9 Å². The van der Waals surface area contributed by atoms with Gasteiger partial charge in [0, 0.05) is 12.1 Å². The molecule has 5 nitrogen and oxygen atoms in total. The molecule has 0 aromatic heterocycles. The molecule has 1 unspecified atom stereocenters. The Balaban J connectivity index is 2.98. The first-order valence-corrected chi connectivity index (χ1v) is 5.85. The Morgan fingerprint density at radius 2 is 2.00 bits per heavy atom. The van der Waals surface area contributed by atoms with Crippen LogP contribution in [0.5, 0.6) is 0 Å². The molecule has 1 aromatic carbocycles. The molecule has 1 rings (SSSR count). The highest BCUT2D eigenvalue weighted by molar-refractivity contribution is 6.33. The minimum absolute atomic E-state index is 0.0124. The normalized spacial score (nSPS) is 12.3. The van der Waals surface area contributed by atoms with Gasteiger partial charge in [-0.25, -0.2) is 4.79 Å². The molecule has 18 heavy (non-hydrogen) atoms. The Hall–Kier alpha value is -1.62. The lowest BCUT2D eigenvalue weighted by Gasteiger charge is -2.16. The SMILES string of the molecule is CC(C)C(C)OC(=O)c1cc([N+](=O)[O-])ccc1Cl. The van der Waals surface area contributed by atoms with E-state index in [-0.39, 0.29) is 28.3 Å². The Morgan fingerprint density at radius 1 is 1.39 bits per heavy atom. The number of esters is 1. The minimum Gasteiger partial charge on any atom is -0.459 e. The molecule has 98 valence electrons. The molecule has 0 bridgehead atoms. The van der Waals surface area contributed by atoms with Crippen LogP contribution < -0.4 is 0 Å². The number of nitro benzene ring substituents is 1. The van der Waals surface area contributed by atoms with Crippen LogP contribution in [0.4, 0.5) is 5.69 Å². The molecular weight excluding hydrogens is 258 g/mol. The lowest BCUT2D eigenvalue weighted by Crippen LogP contribution is -2.20. The summed E-state index contributed by atoms with van der Waals surface area (Å²) in [5, 5.41) is 10.8. The molecule has 6 heteroatoms. The molecular formula is C12H14ClNO4. The predicted octanol–water partition coefficient (Wildman–Crippen LogP) is 3.45. The molecule has 0 spiro atoms. The summed E-state index contributed by atoms with van der Waals surface area (Å²) in [6.45, 7) is 5.58. The second-order valence-electron chi connectivity index (χ2n) is 4.28. The Morgan fingerprint density at radius 3 is 2.50 bits per heavy atom. The summed E-state index contributed by atoms with van der Waals surface area (Å²) in [5.74, 6) is -0.490. The van der Waals surface area contributed by atoms with Crippen molar-refractivity contribution < 1.29 is 14.5 Å².